The molecule has 29 heavy (non-hydrogen) atoms. The number of sulfone groups is 1. The van der Waals surface area contributed by atoms with Crippen molar-refractivity contribution in [2.75, 3.05) is 18.2 Å². The predicted octanol–water partition coefficient (Wildman–Crippen LogP) is 3.12. The highest BCUT2D eigenvalue weighted by Gasteiger charge is 2.16. The summed E-state index contributed by atoms with van der Waals surface area (Å²) in [5.74, 6) is -1.21. The fourth-order valence-electron chi connectivity index (χ4n) is 2.92. The molecule has 0 aliphatic rings. The lowest BCUT2D eigenvalue weighted by Crippen LogP contribution is -2.22. The van der Waals surface area contributed by atoms with Gasteiger partial charge in [0.05, 0.1) is 23.3 Å². The Hall–Kier alpha value is -3.13. The van der Waals surface area contributed by atoms with Gasteiger partial charge in [-0.15, -0.1) is 0 Å². The van der Waals surface area contributed by atoms with Crippen molar-refractivity contribution in [2.45, 2.75) is 24.7 Å². The zero-order valence-electron chi connectivity index (χ0n) is 16.1. The Morgan fingerprint density at radius 2 is 1.90 bits per heavy atom. The molecule has 152 valence electrons. The standard InChI is InChI=1S/C21H21NO6S/c1-3-14-8-9-16-15(12-27-18(16)10-14)11-21(24)28-13-20(23)22-17-6-4-5-7-19(17)29(2,25)26/h4-10,12H,3,11,13H2,1-2H3,(H,22,23). The van der Waals surface area contributed by atoms with Crippen LogP contribution in [-0.2, 0) is 37.0 Å². The minimum Gasteiger partial charge on any atom is -0.464 e. The Bertz CT molecular complexity index is 1160. The molecule has 0 bridgehead atoms. The first-order valence-electron chi connectivity index (χ1n) is 9.01. The third-order valence-electron chi connectivity index (χ3n) is 4.39. The summed E-state index contributed by atoms with van der Waals surface area (Å²) in [6.45, 7) is 1.52. The van der Waals surface area contributed by atoms with E-state index in [4.69, 9.17) is 9.15 Å². The molecule has 3 rings (SSSR count). The van der Waals surface area contributed by atoms with Crippen LogP contribution in [0.1, 0.15) is 18.1 Å². The first-order valence-corrected chi connectivity index (χ1v) is 10.9. The quantitative estimate of drug-likeness (QED) is 0.595. The smallest absolute Gasteiger partial charge is 0.310 e. The van der Waals surface area contributed by atoms with Gasteiger partial charge in [0.1, 0.15) is 5.58 Å². The van der Waals surface area contributed by atoms with E-state index in [9.17, 15) is 18.0 Å². The van der Waals surface area contributed by atoms with Gasteiger partial charge in [-0.25, -0.2) is 8.42 Å². The number of para-hydroxylation sites is 1. The van der Waals surface area contributed by atoms with Gasteiger partial charge in [0.25, 0.3) is 5.91 Å². The Balaban J connectivity index is 1.60. The minimum atomic E-state index is -3.50. The number of benzene rings is 2. The molecule has 0 saturated heterocycles. The Labute approximate surface area is 168 Å². The van der Waals surface area contributed by atoms with Gasteiger partial charge in [-0.2, -0.15) is 0 Å². The summed E-state index contributed by atoms with van der Waals surface area (Å²) in [6, 6.07) is 11.8. The number of amides is 1. The van der Waals surface area contributed by atoms with E-state index in [0.29, 0.717) is 11.1 Å². The maximum Gasteiger partial charge on any atom is 0.310 e. The molecule has 0 atom stereocenters. The van der Waals surface area contributed by atoms with E-state index in [0.717, 1.165) is 23.6 Å². The van der Waals surface area contributed by atoms with Crippen molar-refractivity contribution in [3.8, 4) is 0 Å². The number of esters is 1. The maximum absolute atomic E-state index is 12.1. The fraction of sp³-hybridized carbons (Fsp3) is 0.238. The molecule has 0 aliphatic carbocycles. The number of hydrogen-bond acceptors (Lipinski definition) is 6. The molecule has 1 amide bonds. The molecule has 0 fully saturated rings. The van der Waals surface area contributed by atoms with Crippen LogP contribution in [0.15, 0.2) is 58.0 Å². The summed E-state index contributed by atoms with van der Waals surface area (Å²) in [7, 11) is -3.50. The monoisotopic (exact) mass is 415 g/mol. The summed E-state index contributed by atoms with van der Waals surface area (Å²) in [5, 5.41) is 3.28. The molecule has 1 aromatic heterocycles. The van der Waals surface area contributed by atoms with Crippen LogP contribution in [0.25, 0.3) is 11.0 Å². The zero-order valence-corrected chi connectivity index (χ0v) is 16.9. The molecule has 0 radical (unpaired) electrons. The largest absolute Gasteiger partial charge is 0.464 e. The van der Waals surface area contributed by atoms with Gasteiger partial charge in [0.2, 0.25) is 0 Å². The van der Waals surface area contributed by atoms with Gasteiger partial charge >= 0.3 is 5.97 Å². The molecule has 3 aromatic rings. The number of aryl methyl sites for hydroxylation is 1. The highest BCUT2D eigenvalue weighted by atomic mass is 32.2. The van der Waals surface area contributed by atoms with E-state index in [1.165, 1.54) is 18.4 Å². The predicted molar refractivity (Wildman–Crippen MR) is 108 cm³/mol. The molecule has 2 aromatic carbocycles. The molecule has 0 spiro atoms. The number of fused-ring (bicyclic) bond motifs is 1. The highest BCUT2D eigenvalue weighted by Crippen LogP contribution is 2.23. The molecular weight excluding hydrogens is 394 g/mol. The molecule has 0 aliphatic heterocycles. The van der Waals surface area contributed by atoms with Crippen LogP contribution in [0.4, 0.5) is 5.69 Å². The van der Waals surface area contributed by atoms with Crippen LogP contribution < -0.4 is 5.32 Å². The van der Waals surface area contributed by atoms with Crippen LogP contribution in [0.2, 0.25) is 0 Å². The van der Waals surface area contributed by atoms with Crippen LogP contribution in [-0.4, -0.2) is 33.2 Å². The summed E-state index contributed by atoms with van der Waals surface area (Å²) >= 11 is 0. The van der Waals surface area contributed by atoms with Crippen molar-refractivity contribution < 1.29 is 27.2 Å². The lowest BCUT2D eigenvalue weighted by atomic mass is 10.1. The van der Waals surface area contributed by atoms with Crippen molar-refractivity contribution in [1.82, 2.24) is 0 Å². The first-order chi connectivity index (χ1) is 13.8. The zero-order chi connectivity index (χ0) is 21.0. The molecule has 8 heteroatoms. The number of carbonyl (C=O) groups excluding carboxylic acids is 2. The highest BCUT2D eigenvalue weighted by molar-refractivity contribution is 7.90. The minimum absolute atomic E-state index is 0.00371. The summed E-state index contributed by atoms with van der Waals surface area (Å²) in [5.41, 5.74) is 2.65. The second-order valence-electron chi connectivity index (χ2n) is 6.60. The van der Waals surface area contributed by atoms with Crippen LogP contribution in [0.5, 0.6) is 0 Å². The van der Waals surface area contributed by atoms with E-state index in [1.807, 2.05) is 25.1 Å². The van der Waals surface area contributed by atoms with Crippen molar-refractivity contribution in [3.05, 3.63) is 59.9 Å². The van der Waals surface area contributed by atoms with Gasteiger partial charge in [-0.1, -0.05) is 31.2 Å². The van der Waals surface area contributed by atoms with E-state index in [2.05, 4.69) is 5.32 Å². The number of ether oxygens (including phenoxy) is 1. The van der Waals surface area contributed by atoms with Crippen LogP contribution in [0, 0.1) is 0 Å². The van der Waals surface area contributed by atoms with Crippen molar-refractivity contribution in [2.24, 2.45) is 0 Å². The molecular formula is C21H21NO6S. The SMILES string of the molecule is CCc1ccc2c(CC(=O)OCC(=O)Nc3ccccc3S(C)(=O)=O)coc2c1. The third kappa shape index (κ3) is 5.03. The summed E-state index contributed by atoms with van der Waals surface area (Å²) in [4.78, 5) is 24.2. The second kappa shape index (κ2) is 8.48. The number of nitrogens with one attached hydrogen (secondary N) is 1. The number of carbonyl (C=O) groups is 2. The van der Waals surface area contributed by atoms with Gasteiger partial charge in [-0.05, 0) is 30.2 Å². The molecule has 7 nitrogen and oxygen atoms in total. The van der Waals surface area contributed by atoms with E-state index in [-0.39, 0.29) is 17.0 Å². The normalized spacial score (nSPS) is 11.4. The van der Waals surface area contributed by atoms with E-state index in [1.54, 1.807) is 12.1 Å². The number of hydrogen-bond donors (Lipinski definition) is 1. The Morgan fingerprint density at radius 1 is 1.14 bits per heavy atom. The number of anilines is 1. The Kier molecular flexibility index (Phi) is 6.03. The van der Waals surface area contributed by atoms with Crippen molar-refractivity contribution in [1.29, 1.82) is 0 Å². The molecule has 1 heterocycles. The second-order valence-corrected chi connectivity index (χ2v) is 8.58. The maximum atomic E-state index is 12.1. The average Bonchev–Trinajstić information content (AvgIpc) is 3.08. The lowest BCUT2D eigenvalue weighted by Gasteiger charge is -2.10. The van der Waals surface area contributed by atoms with E-state index >= 15 is 0 Å². The molecule has 0 unspecified atom stereocenters. The Morgan fingerprint density at radius 3 is 2.62 bits per heavy atom. The number of furan rings is 1. The van der Waals surface area contributed by atoms with Crippen LogP contribution >= 0.6 is 0 Å². The third-order valence-corrected chi connectivity index (χ3v) is 5.54. The average molecular weight is 415 g/mol. The lowest BCUT2D eigenvalue weighted by molar-refractivity contribution is -0.146. The van der Waals surface area contributed by atoms with E-state index < -0.39 is 28.3 Å². The summed E-state index contributed by atoms with van der Waals surface area (Å²) in [6.07, 6.45) is 3.40. The van der Waals surface area contributed by atoms with Gasteiger partial charge in [0.15, 0.2) is 16.4 Å². The van der Waals surface area contributed by atoms with Crippen molar-refractivity contribution >= 4 is 38.4 Å². The number of rotatable bonds is 7. The van der Waals surface area contributed by atoms with Gasteiger partial charge in [0, 0.05) is 17.2 Å². The molecule has 0 saturated carbocycles. The fourth-order valence-corrected chi connectivity index (χ4v) is 3.76. The topological polar surface area (TPSA) is 103 Å². The van der Waals surface area contributed by atoms with Gasteiger partial charge < -0.3 is 14.5 Å². The van der Waals surface area contributed by atoms with Gasteiger partial charge in [-0.3, -0.25) is 9.59 Å². The first kappa shape index (κ1) is 20.6. The van der Waals surface area contributed by atoms with Crippen molar-refractivity contribution in [3.63, 3.8) is 0 Å². The summed E-state index contributed by atoms with van der Waals surface area (Å²) < 4.78 is 34.1. The van der Waals surface area contributed by atoms with Crippen LogP contribution in [0.3, 0.4) is 0 Å². The molecule has 1 N–H and O–H groups in total.